The third-order valence-corrected chi connectivity index (χ3v) is 5.05. The molecule has 3 rings (SSSR count). The van der Waals surface area contributed by atoms with Gasteiger partial charge in [-0.15, -0.1) is 0 Å². The molecular formula is C17H25N2O+. The number of hydrogen-bond acceptors (Lipinski definition) is 2. The molecule has 1 aromatic rings. The number of likely N-dealkylation sites (tertiary alicyclic amines) is 1. The van der Waals surface area contributed by atoms with Crippen LogP contribution in [0.2, 0.25) is 0 Å². The second-order valence-electron chi connectivity index (χ2n) is 6.19. The van der Waals surface area contributed by atoms with Crippen LogP contribution >= 0.6 is 0 Å². The molecule has 2 aliphatic rings. The van der Waals surface area contributed by atoms with Gasteiger partial charge in [-0.3, -0.25) is 4.48 Å². The highest BCUT2D eigenvalue weighted by molar-refractivity contribution is 5.89. The number of quaternary nitrogens is 1. The minimum absolute atomic E-state index is 0.359. The number of hydrogen-bond donors (Lipinski definition) is 1. The normalized spacial score (nSPS) is 23.4. The van der Waals surface area contributed by atoms with E-state index in [2.05, 4.69) is 5.32 Å². The molecular weight excluding hydrogens is 248 g/mol. The van der Waals surface area contributed by atoms with Crippen LogP contribution in [0.15, 0.2) is 30.3 Å². The van der Waals surface area contributed by atoms with E-state index in [-0.39, 0.29) is 0 Å². The van der Waals surface area contributed by atoms with Crippen molar-refractivity contribution in [3.63, 3.8) is 0 Å². The number of nitrogens with zero attached hydrogens (tertiary/aromatic N) is 1. The summed E-state index contributed by atoms with van der Waals surface area (Å²) < 4.78 is 0.714. The van der Waals surface area contributed by atoms with Gasteiger partial charge in [0.25, 0.3) is 0 Å². The molecule has 0 saturated carbocycles. The van der Waals surface area contributed by atoms with E-state index in [1.54, 1.807) is 0 Å². The molecule has 0 unspecified atom stereocenters. The first kappa shape index (κ1) is 13.8. The van der Waals surface area contributed by atoms with Gasteiger partial charge in [-0.05, 0) is 31.4 Å². The smallest absolute Gasteiger partial charge is 0.316 e. The number of nitrogens with one attached hydrogen (secondary N) is 1. The Kier molecular flexibility index (Phi) is 4.18. The van der Waals surface area contributed by atoms with E-state index in [4.69, 9.17) is 0 Å². The van der Waals surface area contributed by atoms with E-state index < -0.39 is 0 Å². The van der Waals surface area contributed by atoms with Crippen molar-refractivity contribution in [3.05, 3.63) is 35.9 Å². The van der Waals surface area contributed by atoms with E-state index in [1.165, 1.54) is 19.3 Å². The highest BCUT2D eigenvalue weighted by atomic mass is 16.2. The van der Waals surface area contributed by atoms with Gasteiger partial charge in [0.1, 0.15) is 0 Å². The van der Waals surface area contributed by atoms with Crippen molar-refractivity contribution in [2.45, 2.75) is 38.1 Å². The summed E-state index contributed by atoms with van der Waals surface area (Å²) in [6.45, 7) is 4.20. The lowest BCUT2D eigenvalue weighted by atomic mass is 9.94. The van der Waals surface area contributed by atoms with Crippen LogP contribution in [0, 0.1) is 0 Å². The van der Waals surface area contributed by atoms with Crippen LogP contribution in [0.25, 0.3) is 0 Å². The first-order valence-electron chi connectivity index (χ1n) is 8.00. The van der Waals surface area contributed by atoms with Gasteiger partial charge in [0, 0.05) is 25.9 Å². The van der Waals surface area contributed by atoms with Gasteiger partial charge in [0.2, 0.25) is 0 Å². The molecule has 3 heteroatoms. The van der Waals surface area contributed by atoms with Crippen molar-refractivity contribution >= 4 is 5.91 Å². The Morgan fingerprint density at radius 2 is 1.65 bits per heavy atom. The summed E-state index contributed by atoms with van der Waals surface area (Å²) in [5.41, 5.74) is 0.896. The van der Waals surface area contributed by atoms with Crippen LogP contribution < -0.4 is 5.32 Å². The fourth-order valence-corrected chi connectivity index (χ4v) is 3.95. The lowest BCUT2D eigenvalue weighted by Gasteiger charge is -2.46. The van der Waals surface area contributed by atoms with Crippen LogP contribution in [0.5, 0.6) is 0 Å². The zero-order chi connectivity index (χ0) is 13.8. The molecule has 2 aliphatic heterocycles. The first-order valence-corrected chi connectivity index (χ1v) is 8.00. The molecule has 0 spiro atoms. The lowest BCUT2D eigenvalue weighted by Crippen LogP contribution is -2.63. The zero-order valence-electron chi connectivity index (χ0n) is 12.2. The predicted molar refractivity (Wildman–Crippen MR) is 80.5 cm³/mol. The van der Waals surface area contributed by atoms with E-state index in [9.17, 15) is 4.79 Å². The zero-order valence-corrected chi connectivity index (χ0v) is 12.2. The number of amides is 1. The maximum atomic E-state index is 13.2. The summed E-state index contributed by atoms with van der Waals surface area (Å²) >= 11 is 0. The van der Waals surface area contributed by atoms with Crippen molar-refractivity contribution in [2.75, 3.05) is 26.2 Å². The number of rotatable bonds is 2. The number of benzene rings is 1. The van der Waals surface area contributed by atoms with Crippen LogP contribution in [0.3, 0.4) is 0 Å². The Morgan fingerprint density at radius 3 is 2.30 bits per heavy atom. The first-order chi connectivity index (χ1) is 9.83. The van der Waals surface area contributed by atoms with E-state index >= 15 is 0 Å². The fraction of sp³-hybridized carbons (Fsp3) is 0.588. The Hall–Kier alpha value is -1.19. The maximum absolute atomic E-state index is 13.2. The van der Waals surface area contributed by atoms with Crippen molar-refractivity contribution in [2.24, 2.45) is 0 Å². The molecule has 108 valence electrons. The SMILES string of the molecule is O=C(c1ccccc1)[N+]1(C2CCNCC2)CCCCC1. The van der Waals surface area contributed by atoms with Crippen molar-refractivity contribution in [1.29, 1.82) is 0 Å². The van der Waals surface area contributed by atoms with Crippen molar-refractivity contribution < 1.29 is 9.28 Å². The van der Waals surface area contributed by atoms with E-state index in [0.29, 0.717) is 16.4 Å². The van der Waals surface area contributed by atoms with E-state index in [0.717, 1.165) is 44.6 Å². The minimum atomic E-state index is 0.359. The Balaban J connectivity index is 1.90. The van der Waals surface area contributed by atoms with Gasteiger partial charge in [0.05, 0.1) is 24.7 Å². The van der Waals surface area contributed by atoms with Crippen molar-refractivity contribution in [1.82, 2.24) is 5.32 Å². The van der Waals surface area contributed by atoms with Crippen LogP contribution in [0.1, 0.15) is 42.5 Å². The van der Waals surface area contributed by atoms with Gasteiger partial charge >= 0.3 is 5.91 Å². The minimum Gasteiger partial charge on any atom is -0.316 e. The second-order valence-corrected chi connectivity index (χ2v) is 6.19. The summed E-state index contributed by atoms with van der Waals surface area (Å²) in [7, 11) is 0. The number of piperidine rings is 2. The predicted octanol–water partition coefficient (Wildman–Crippen LogP) is 2.58. The number of carbonyl (C=O) groups excluding carboxylic acids is 1. The Bertz CT molecular complexity index is 445. The fourth-order valence-electron chi connectivity index (χ4n) is 3.95. The molecule has 2 fully saturated rings. The monoisotopic (exact) mass is 273 g/mol. The number of carbonyl (C=O) groups is 1. The summed E-state index contributed by atoms with van der Waals surface area (Å²) in [4.78, 5) is 13.2. The molecule has 2 saturated heterocycles. The molecule has 3 nitrogen and oxygen atoms in total. The van der Waals surface area contributed by atoms with Gasteiger partial charge < -0.3 is 5.32 Å². The standard InChI is InChI=1S/C17H25N2O/c20-17(15-7-3-1-4-8-15)19(13-5-2-6-14-19)16-9-11-18-12-10-16/h1,3-4,7-8,16,18H,2,5-6,9-14H2/q+1. The van der Waals surface area contributed by atoms with E-state index in [1.807, 2.05) is 30.3 Å². The third-order valence-electron chi connectivity index (χ3n) is 5.05. The van der Waals surface area contributed by atoms with Crippen LogP contribution in [-0.4, -0.2) is 42.6 Å². The topological polar surface area (TPSA) is 29.1 Å². The highest BCUT2D eigenvalue weighted by Crippen LogP contribution is 2.30. The van der Waals surface area contributed by atoms with Gasteiger partial charge in [-0.25, -0.2) is 4.79 Å². The van der Waals surface area contributed by atoms with Crippen molar-refractivity contribution in [3.8, 4) is 0 Å². The molecule has 1 amide bonds. The molecule has 2 heterocycles. The summed E-state index contributed by atoms with van der Waals surface area (Å²) in [5.74, 6) is 0.359. The molecule has 1 aromatic carbocycles. The highest BCUT2D eigenvalue weighted by Gasteiger charge is 2.45. The summed E-state index contributed by atoms with van der Waals surface area (Å²) in [5, 5.41) is 3.43. The lowest BCUT2D eigenvalue weighted by molar-refractivity contribution is -0.880. The largest absolute Gasteiger partial charge is 0.346 e. The molecule has 20 heavy (non-hydrogen) atoms. The van der Waals surface area contributed by atoms with Gasteiger partial charge in [-0.1, -0.05) is 18.2 Å². The molecule has 0 aromatic heterocycles. The average molecular weight is 273 g/mol. The van der Waals surface area contributed by atoms with Crippen LogP contribution in [-0.2, 0) is 0 Å². The molecule has 1 N–H and O–H groups in total. The third kappa shape index (κ3) is 2.52. The molecule has 0 radical (unpaired) electrons. The quantitative estimate of drug-likeness (QED) is 0.839. The van der Waals surface area contributed by atoms with Gasteiger partial charge in [-0.2, -0.15) is 0 Å². The summed E-state index contributed by atoms with van der Waals surface area (Å²) in [6, 6.07) is 10.4. The molecule has 0 atom stereocenters. The Morgan fingerprint density at radius 1 is 1.00 bits per heavy atom. The maximum Gasteiger partial charge on any atom is 0.346 e. The molecule has 0 bridgehead atoms. The van der Waals surface area contributed by atoms with Crippen LogP contribution in [0.4, 0.5) is 0 Å². The van der Waals surface area contributed by atoms with Gasteiger partial charge in [0.15, 0.2) is 0 Å². The molecule has 0 aliphatic carbocycles. The second kappa shape index (κ2) is 6.06. The average Bonchev–Trinajstić information content (AvgIpc) is 2.56. The Labute approximate surface area is 121 Å². The summed E-state index contributed by atoms with van der Waals surface area (Å²) in [6.07, 6.45) is 5.95.